The van der Waals surface area contributed by atoms with Gasteiger partial charge < -0.3 is 10.4 Å². The zero-order valence-corrected chi connectivity index (χ0v) is 7.86. The molecule has 0 bridgehead atoms. The Hall–Kier alpha value is -1.51. The summed E-state index contributed by atoms with van der Waals surface area (Å²) in [5.74, 6) is 0. The lowest BCUT2D eigenvalue weighted by Crippen LogP contribution is -2.37. The van der Waals surface area contributed by atoms with E-state index in [-0.39, 0.29) is 6.04 Å². The first-order valence-corrected chi connectivity index (χ1v) is 4.82. The predicted molar refractivity (Wildman–Crippen MR) is 53.4 cm³/mol. The van der Waals surface area contributed by atoms with Crippen molar-refractivity contribution in [2.75, 3.05) is 0 Å². The minimum Gasteiger partial charge on any atom is -0.465 e. The molecule has 1 aromatic carbocycles. The Morgan fingerprint density at radius 3 is 2.79 bits per heavy atom. The first-order chi connectivity index (χ1) is 6.75. The van der Waals surface area contributed by atoms with E-state index in [1.807, 2.05) is 12.1 Å². The summed E-state index contributed by atoms with van der Waals surface area (Å²) in [5, 5.41) is 11.1. The van der Waals surface area contributed by atoms with Crippen LogP contribution in [-0.2, 0) is 12.8 Å². The van der Waals surface area contributed by atoms with Crippen molar-refractivity contribution in [3.05, 3.63) is 35.4 Å². The van der Waals surface area contributed by atoms with Crippen molar-refractivity contribution < 1.29 is 9.90 Å². The highest BCUT2D eigenvalue weighted by Crippen LogP contribution is 2.20. The Kier molecular flexibility index (Phi) is 2.39. The lowest BCUT2D eigenvalue weighted by molar-refractivity contribution is 0.188. The molecule has 14 heavy (non-hydrogen) atoms. The van der Waals surface area contributed by atoms with E-state index in [4.69, 9.17) is 5.11 Å². The number of rotatable bonds is 1. The van der Waals surface area contributed by atoms with Crippen molar-refractivity contribution in [1.29, 1.82) is 0 Å². The second-order valence-electron chi connectivity index (χ2n) is 3.66. The van der Waals surface area contributed by atoms with Gasteiger partial charge >= 0.3 is 6.09 Å². The monoisotopic (exact) mass is 191 g/mol. The maximum Gasteiger partial charge on any atom is 0.404 e. The van der Waals surface area contributed by atoms with Crippen LogP contribution in [0, 0.1) is 0 Å². The van der Waals surface area contributed by atoms with Crippen molar-refractivity contribution in [3.8, 4) is 0 Å². The van der Waals surface area contributed by atoms with Crippen molar-refractivity contribution >= 4 is 6.09 Å². The minimum absolute atomic E-state index is 0.0856. The number of nitrogens with one attached hydrogen (secondary N) is 1. The molecule has 1 aromatic rings. The second kappa shape index (κ2) is 3.70. The molecule has 3 heteroatoms. The molecular formula is C11H13NO2. The number of fused-ring (bicyclic) bond motifs is 1. The third-order valence-electron chi connectivity index (χ3n) is 2.67. The molecule has 2 N–H and O–H groups in total. The highest BCUT2D eigenvalue weighted by Gasteiger charge is 2.18. The molecule has 1 aliphatic rings. The van der Waals surface area contributed by atoms with Gasteiger partial charge in [0.05, 0.1) is 0 Å². The summed E-state index contributed by atoms with van der Waals surface area (Å²) in [5.41, 5.74) is 2.63. The highest BCUT2D eigenvalue weighted by atomic mass is 16.4. The van der Waals surface area contributed by atoms with E-state index in [1.165, 1.54) is 11.1 Å². The summed E-state index contributed by atoms with van der Waals surface area (Å²) in [6.07, 6.45) is 1.78. The predicted octanol–water partition coefficient (Wildman–Crippen LogP) is 1.81. The first kappa shape index (κ1) is 9.06. The number of amides is 1. The van der Waals surface area contributed by atoms with Gasteiger partial charge in [0.2, 0.25) is 0 Å². The number of aryl methyl sites for hydroxylation is 1. The fourth-order valence-corrected chi connectivity index (χ4v) is 2.00. The summed E-state index contributed by atoms with van der Waals surface area (Å²) in [4.78, 5) is 10.5. The molecule has 1 unspecified atom stereocenters. The number of benzene rings is 1. The summed E-state index contributed by atoms with van der Waals surface area (Å²) >= 11 is 0. The summed E-state index contributed by atoms with van der Waals surface area (Å²) < 4.78 is 0. The van der Waals surface area contributed by atoms with Crippen molar-refractivity contribution in [1.82, 2.24) is 5.32 Å². The molecule has 0 radical (unpaired) electrons. The van der Waals surface area contributed by atoms with Crippen LogP contribution in [0.2, 0.25) is 0 Å². The zero-order chi connectivity index (χ0) is 9.97. The molecule has 0 aromatic heterocycles. The van der Waals surface area contributed by atoms with Gasteiger partial charge in [0.25, 0.3) is 0 Å². The van der Waals surface area contributed by atoms with Crippen LogP contribution in [0.25, 0.3) is 0 Å². The average molecular weight is 191 g/mol. The van der Waals surface area contributed by atoms with Crippen LogP contribution in [0.4, 0.5) is 4.79 Å². The highest BCUT2D eigenvalue weighted by molar-refractivity contribution is 5.65. The maximum absolute atomic E-state index is 10.5. The van der Waals surface area contributed by atoms with E-state index < -0.39 is 6.09 Å². The van der Waals surface area contributed by atoms with Gasteiger partial charge in [0.1, 0.15) is 0 Å². The first-order valence-electron chi connectivity index (χ1n) is 4.82. The van der Waals surface area contributed by atoms with Crippen molar-refractivity contribution in [2.45, 2.75) is 25.3 Å². The molecule has 0 heterocycles. The van der Waals surface area contributed by atoms with E-state index in [9.17, 15) is 4.79 Å². The molecule has 74 valence electrons. The molecule has 0 saturated carbocycles. The number of hydrogen-bond donors (Lipinski definition) is 2. The number of carbonyl (C=O) groups is 1. The van der Waals surface area contributed by atoms with Gasteiger partial charge in [0, 0.05) is 6.04 Å². The zero-order valence-electron chi connectivity index (χ0n) is 7.86. The lowest BCUT2D eigenvalue weighted by Gasteiger charge is -2.24. The Labute approximate surface area is 82.8 Å². The fourth-order valence-electron chi connectivity index (χ4n) is 2.00. The molecule has 1 aliphatic carbocycles. The van der Waals surface area contributed by atoms with Crippen LogP contribution in [0.15, 0.2) is 24.3 Å². The van der Waals surface area contributed by atoms with Gasteiger partial charge in [-0.1, -0.05) is 24.3 Å². The van der Waals surface area contributed by atoms with Gasteiger partial charge in [-0.05, 0) is 30.4 Å². The van der Waals surface area contributed by atoms with Crippen LogP contribution in [-0.4, -0.2) is 17.2 Å². The summed E-state index contributed by atoms with van der Waals surface area (Å²) in [7, 11) is 0. The minimum atomic E-state index is -0.922. The average Bonchev–Trinajstić information content (AvgIpc) is 2.17. The lowest BCUT2D eigenvalue weighted by atomic mass is 9.88. The molecule has 0 saturated heterocycles. The largest absolute Gasteiger partial charge is 0.465 e. The Morgan fingerprint density at radius 2 is 2.07 bits per heavy atom. The molecule has 0 fully saturated rings. The fraction of sp³-hybridized carbons (Fsp3) is 0.364. The quantitative estimate of drug-likeness (QED) is 0.711. The van der Waals surface area contributed by atoms with Gasteiger partial charge in [-0.3, -0.25) is 0 Å². The molecule has 0 aliphatic heterocycles. The van der Waals surface area contributed by atoms with Crippen LogP contribution < -0.4 is 5.32 Å². The van der Waals surface area contributed by atoms with Crippen LogP contribution in [0.1, 0.15) is 17.5 Å². The van der Waals surface area contributed by atoms with Crippen LogP contribution in [0.3, 0.4) is 0 Å². The Balaban J connectivity index is 2.09. The third kappa shape index (κ3) is 1.87. The summed E-state index contributed by atoms with van der Waals surface area (Å²) in [6, 6.07) is 8.31. The summed E-state index contributed by atoms with van der Waals surface area (Å²) in [6.45, 7) is 0. The normalized spacial score (nSPS) is 19.9. The Morgan fingerprint density at radius 1 is 1.36 bits per heavy atom. The molecular weight excluding hydrogens is 178 g/mol. The SMILES string of the molecule is O=C(O)NC1CCc2ccccc2C1. The second-order valence-corrected chi connectivity index (χ2v) is 3.66. The maximum atomic E-state index is 10.5. The number of hydrogen-bond acceptors (Lipinski definition) is 1. The van der Waals surface area contributed by atoms with E-state index >= 15 is 0 Å². The van der Waals surface area contributed by atoms with E-state index in [2.05, 4.69) is 17.4 Å². The van der Waals surface area contributed by atoms with Crippen LogP contribution >= 0.6 is 0 Å². The van der Waals surface area contributed by atoms with E-state index in [0.717, 1.165) is 19.3 Å². The van der Waals surface area contributed by atoms with Crippen LogP contribution in [0.5, 0.6) is 0 Å². The topological polar surface area (TPSA) is 49.3 Å². The van der Waals surface area contributed by atoms with E-state index in [1.54, 1.807) is 0 Å². The standard InChI is InChI=1S/C11H13NO2/c13-11(14)12-10-6-5-8-3-1-2-4-9(8)7-10/h1-4,10,12H,5-7H2,(H,13,14). The molecule has 0 spiro atoms. The third-order valence-corrected chi connectivity index (χ3v) is 2.67. The van der Waals surface area contributed by atoms with Gasteiger partial charge in [-0.2, -0.15) is 0 Å². The number of carboxylic acid groups (broad SMARTS) is 1. The Bertz CT molecular complexity index is 349. The van der Waals surface area contributed by atoms with E-state index in [0.29, 0.717) is 0 Å². The smallest absolute Gasteiger partial charge is 0.404 e. The molecule has 3 nitrogen and oxygen atoms in total. The van der Waals surface area contributed by atoms with Gasteiger partial charge in [0.15, 0.2) is 0 Å². The molecule has 1 atom stereocenters. The van der Waals surface area contributed by atoms with Gasteiger partial charge in [-0.25, -0.2) is 4.79 Å². The molecule has 1 amide bonds. The van der Waals surface area contributed by atoms with Gasteiger partial charge in [-0.15, -0.1) is 0 Å². The molecule has 2 rings (SSSR count). The van der Waals surface area contributed by atoms with Crippen molar-refractivity contribution in [2.24, 2.45) is 0 Å². The van der Waals surface area contributed by atoms with Crippen molar-refractivity contribution in [3.63, 3.8) is 0 Å².